The summed E-state index contributed by atoms with van der Waals surface area (Å²) in [6.07, 6.45) is 1.90. The molecule has 4 N–H and O–H groups in total. The van der Waals surface area contributed by atoms with Gasteiger partial charge in [0.2, 0.25) is 0 Å². The average Bonchev–Trinajstić information content (AvgIpc) is 2.89. The standard InChI is InChI=1S/C25H36O7/c1-8-13(2)21(29)32-20-14(3)10-24-15(4)11-23(7,30)22(5,6)17(19(24)28)9-16(12-26)18(27)25(20,24)31/h8-10,15,17-18,20,26-27,30-31H,11-12H2,1-7H3/b13-8+/t15-,17?,18?,20?,23-,24?,25?/m1/s1. The molecule has 5 unspecified atom stereocenters. The third-order valence-electron chi connectivity index (χ3n) is 8.58. The molecule has 0 aromatic heterocycles. The normalized spacial score (nSPS) is 43.6. The first-order valence-corrected chi connectivity index (χ1v) is 11.1. The summed E-state index contributed by atoms with van der Waals surface area (Å²) in [5, 5.41) is 45.2. The highest BCUT2D eigenvalue weighted by Gasteiger charge is 2.74. The van der Waals surface area contributed by atoms with Crippen LogP contribution in [0, 0.1) is 22.7 Å². The van der Waals surface area contributed by atoms with Gasteiger partial charge in [-0.2, -0.15) is 0 Å². The monoisotopic (exact) mass is 448 g/mol. The lowest BCUT2D eigenvalue weighted by molar-refractivity contribution is -0.201. The molecule has 1 spiro atoms. The van der Waals surface area contributed by atoms with Crippen molar-refractivity contribution < 1.29 is 34.8 Å². The van der Waals surface area contributed by atoms with Gasteiger partial charge in [-0.1, -0.05) is 39.0 Å². The first-order chi connectivity index (χ1) is 14.6. The van der Waals surface area contributed by atoms with Gasteiger partial charge < -0.3 is 25.2 Å². The number of ether oxygens (including phenoxy) is 1. The van der Waals surface area contributed by atoms with Gasteiger partial charge in [-0.15, -0.1) is 0 Å². The van der Waals surface area contributed by atoms with Gasteiger partial charge in [-0.25, -0.2) is 4.79 Å². The number of aliphatic hydroxyl groups is 4. The molecule has 0 heterocycles. The Hall–Kier alpha value is -1.80. The molecule has 0 amide bonds. The van der Waals surface area contributed by atoms with Crippen molar-refractivity contribution in [3.63, 3.8) is 0 Å². The number of ketones is 1. The van der Waals surface area contributed by atoms with Crippen LogP contribution in [-0.2, 0) is 14.3 Å². The average molecular weight is 449 g/mol. The second kappa shape index (κ2) is 7.62. The molecule has 3 rings (SSSR count). The highest BCUT2D eigenvalue weighted by molar-refractivity contribution is 5.96. The van der Waals surface area contributed by atoms with Crippen LogP contribution in [0.1, 0.15) is 54.9 Å². The molecule has 2 bridgehead atoms. The van der Waals surface area contributed by atoms with Crippen molar-refractivity contribution >= 4 is 11.8 Å². The van der Waals surface area contributed by atoms with Crippen molar-refractivity contribution in [2.45, 2.75) is 78.3 Å². The highest BCUT2D eigenvalue weighted by atomic mass is 16.6. The smallest absolute Gasteiger partial charge is 0.334 e. The molecule has 1 fully saturated rings. The third kappa shape index (κ3) is 2.94. The maximum absolute atomic E-state index is 14.2. The summed E-state index contributed by atoms with van der Waals surface area (Å²) in [7, 11) is 0. The first kappa shape index (κ1) is 24.8. The van der Waals surface area contributed by atoms with E-state index in [0.717, 1.165) is 0 Å². The summed E-state index contributed by atoms with van der Waals surface area (Å²) < 4.78 is 5.69. The molecule has 1 saturated carbocycles. The summed E-state index contributed by atoms with van der Waals surface area (Å²) in [4.78, 5) is 26.9. The van der Waals surface area contributed by atoms with Crippen LogP contribution in [0.2, 0.25) is 0 Å². The Balaban J connectivity index is 2.33. The van der Waals surface area contributed by atoms with E-state index in [4.69, 9.17) is 4.74 Å². The summed E-state index contributed by atoms with van der Waals surface area (Å²) in [6, 6.07) is 0. The molecule has 0 saturated heterocycles. The van der Waals surface area contributed by atoms with Gasteiger partial charge in [0, 0.05) is 16.9 Å². The minimum Gasteiger partial charge on any atom is -0.451 e. The predicted octanol–water partition coefficient (Wildman–Crippen LogP) is 1.84. The molecule has 0 aliphatic heterocycles. The summed E-state index contributed by atoms with van der Waals surface area (Å²) in [6.45, 7) is 11.3. The van der Waals surface area contributed by atoms with Crippen LogP contribution in [0.15, 0.2) is 34.9 Å². The molecule has 3 aliphatic rings. The number of fused-ring (bicyclic) bond motifs is 1. The fraction of sp³-hybridized carbons (Fsp3) is 0.680. The Kier molecular flexibility index (Phi) is 5.91. The Bertz CT molecular complexity index is 925. The number of rotatable bonds is 3. The van der Waals surface area contributed by atoms with Crippen molar-refractivity contribution in [1.29, 1.82) is 0 Å². The fourth-order valence-electron chi connectivity index (χ4n) is 5.98. The Labute approximate surface area is 189 Å². The Morgan fingerprint density at radius 1 is 1.28 bits per heavy atom. The number of allylic oxidation sites excluding steroid dienone is 2. The van der Waals surface area contributed by atoms with E-state index >= 15 is 0 Å². The van der Waals surface area contributed by atoms with Crippen LogP contribution in [-0.4, -0.2) is 62.2 Å². The molecule has 7 heteroatoms. The van der Waals surface area contributed by atoms with Gasteiger partial charge in [0.1, 0.15) is 6.10 Å². The number of hydrogen-bond donors (Lipinski definition) is 4. The van der Waals surface area contributed by atoms with Crippen molar-refractivity contribution in [2.24, 2.45) is 22.7 Å². The number of hydrogen-bond acceptors (Lipinski definition) is 7. The third-order valence-corrected chi connectivity index (χ3v) is 8.58. The highest BCUT2D eigenvalue weighted by Crippen LogP contribution is 2.63. The van der Waals surface area contributed by atoms with Crippen LogP contribution >= 0.6 is 0 Å². The van der Waals surface area contributed by atoms with Crippen molar-refractivity contribution in [3.05, 3.63) is 34.9 Å². The van der Waals surface area contributed by atoms with E-state index in [2.05, 4.69) is 0 Å². The Morgan fingerprint density at radius 2 is 1.88 bits per heavy atom. The van der Waals surface area contributed by atoms with Crippen LogP contribution < -0.4 is 0 Å². The van der Waals surface area contributed by atoms with Gasteiger partial charge in [0.05, 0.1) is 17.6 Å². The van der Waals surface area contributed by atoms with Crippen LogP contribution in [0.3, 0.4) is 0 Å². The zero-order valence-electron chi connectivity index (χ0n) is 20.0. The quantitative estimate of drug-likeness (QED) is 0.295. The van der Waals surface area contributed by atoms with Gasteiger partial charge in [-0.05, 0) is 51.2 Å². The Morgan fingerprint density at radius 3 is 2.41 bits per heavy atom. The molecular weight excluding hydrogens is 412 g/mol. The van der Waals surface area contributed by atoms with E-state index in [0.29, 0.717) is 11.1 Å². The molecular formula is C25H36O7. The van der Waals surface area contributed by atoms with Crippen molar-refractivity contribution in [1.82, 2.24) is 0 Å². The number of carbonyl (C=O) groups excluding carboxylic acids is 2. The number of carbonyl (C=O) groups is 2. The summed E-state index contributed by atoms with van der Waals surface area (Å²) in [5.41, 5.74) is -5.26. The maximum Gasteiger partial charge on any atom is 0.334 e. The minimum atomic E-state index is -2.24. The van der Waals surface area contributed by atoms with Crippen molar-refractivity contribution in [2.75, 3.05) is 6.61 Å². The van der Waals surface area contributed by atoms with Crippen molar-refractivity contribution in [3.8, 4) is 0 Å². The van der Waals surface area contributed by atoms with E-state index < -0.39 is 58.7 Å². The molecule has 7 atom stereocenters. The fourth-order valence-corrected chi connectivity index (χ4v) is 5.98. The molecule has 7 nitrogen and oxygen atoms in total. The summed E-state index contributed by atoms with van der Waals surface area (Å²) in [5.74, 6) is -2.51. The van der Waals surface area contributed by atoms with Gasteiger partial charge >= 0.3 is 5.97 Å². The van der Waals surface area contributed by atoms with Gasteiger partial charge in [0.25, 0.3) is 0 Å². The minimum absolute atomic E-state index is 0.0672. The number of esters is 1. The molecule has 178 valence electrons. The van der Waals surface area contributed by atoms with E-state index in [1.807, 2.05) is 0 Å². The van der Waals surface area contributed by atoms with E-state index in [9.17, 15) is 30.0 Å². The topological polar surface area (TPSA) is 124 Å². The predicted molar refractivity (Wildman–Crippen MR) is 118 cm³/mol. The molecule has 0 aromatic rings. The summed E-state index contributed by atoms with van der Waals surface area (Å²) >= 11 is 0. The van der Waals surface area contributed by atoms with Gasteiger partial charge in [0.15, 0.2) is 17.5 Å². The zero-order valence-corrected chi connectivity index (χ0v) is 20.0. The SMILES string of the molecule is C/C=C(\C)C(=O)OC1C(C)=CC23C(=O)C(C=C(CO)C(O)C12O)C(C)(C)[C@](C)(O)C[C@H]3C. The molecule has 32 heavy (non-hydrogen) atoms. The zero-order chi connectivity index (χ0) is 24.4. The van der Waals surface area contributed by atoms with E-state index in [1.165, 1.54) is 6.08 Å². The van der Waals surface area contributed by atoms with Crippen LogP contribution in [0.25, 0.3) is 0 Å². The molecule has 0 radical (unpaired) electrons. The number of Topliss-reactive ketones (excluding diaryl/α,β-unsaturated/α-hetero) is 1. The largest absolute Gasteiger partial charge is 0.451 e. The molecule has 0 aromatic carbocycles. The van der Waals surface area contributed by atoms with Gasteiger partial charge in [-0.3, -0.25) is 4.79 Å². The van der Waals surface area contributed by atoms with Crippen LogP contribution in [0.4, 0.5) is 0 Å². The lowest BCUT2D eigenvalue weighted by atomic mass is 9.59. The first-order valence-electron chi connectivity index (χ1n) is 11.1. The maximum atomic E-state index is 14.2. The van der Waals surface area contributed by atoms with E-state index in [1.54, 1.807) is 60.6 Å². The lowest BCUT2D eigenvalue weighted by Crippen LogP contribution is -2.65. The lowest BCUT2D eigenvalue weighted by Gasteiger charge is -2.48. The second-order valence-corrected chi connectivity index (χ2v) is 10.6. The molecule has 3 aliphatic carbocycles. The van der Waals surface area contributed by atoms with Crippen LogP contribution in [0.5, 0.6) is 0 Å². The number of aliphatic hydroxyl groups excluding tert-OH is 2. The second-order valence-electron chi connectivity index (χ2n) is 10.6. The van der Waals surface area contributed by atoms with E-state index in [-0.39, 0.29) is 17.8 Å².